The maximum Gasteiger partial charge on any atom is 0.128 e. The molecule has 0 amide bonds. The molecule has 0 aliphatic carbocycles. The van der Waals surface area contributed by atoms with E-state index in [2.05, 4.69) is 0 Å². The van der Waals surface area contributed by atoms with Gasteiger partial charge >= 0.3 is 0 Å². The van der Waals surface area contributed by atoms with Crippen LogP contribution in [0.4, 0.5) is 0 Å². The number of hydrogen-bond acceptors (Lipinski definition) is 4. The van der Waals surface area contributed by atoms with Gasteiger partial charge in [0.1, 0.15) is 23.9 Å². The minimum Gasteiger partial charge on any atom is -0.546 e. The van der Waals surface area contributed by atoms with Crippen molar-refractivity contribution in [3.63, 3.8) is 0 Å². The highest BCUT2D eigenvalue weighted by Gasteiger charge is 1.98. The van der Waals surface area contributed by atoms with Crippen LogP contribution in [-0.2, 0) is 4.79 Å². The summed E-state index contributed by atoms with van der Waals surface area (Å²) in [7, 11) is 0. The first kappa shape index (κ1) is 12.0. The van der Waals surface area contributed by atoms with Crippen LogP contribution < -0.4 is 14.6 Å². The molecular weight excluding hydrogens is 232 g/mol. The average Bonchev–Trinajstić information content (AvgIpc) is 2.39. The topological polar surface area (TPSA) is 58.6 Å². The van der Waals surface area contributed by atoms with Crippen LogP contribution in [0.3, 0.4) is 0 Å². The van der Waals surface area contributed by atoms with Crippen LogP contribution in [0, 0.1) is 0 Å². The van der Waals surface area contributed by atoms with Crippen molar-refractivity contribution in [3.8, 4) is 17.2 Å². The Morgan fingerprint density at radius 3 is 2.06 bits per heavy atom. The molecule has 0 aliphatic rings. The fourth-order valence-electron chi connectivity index (χ4n) is 1.37. The second-order valence-electron chi connectivity index (χ2n) is 3.55. The maximum atomic E-state index is 10.2. The van der Waals surface area contributed by atoms with Gasteiger partial charge in [0.15, 0.2) is 0 Å². The number of carbonyl (C=O) groups excluding carboxylic acids is 1. The molecule has 0 fully saturated rings. The lowest BCUT2D eigenvalue weighted by Gasteiger charge is -2.08. The molecule has 92 valence electrons. The number of benzene rings is 2. The molecule has 0 unspecified atom stereocenters. The van der Waals surface area contributed by atoms with E-state index in [-0.39, 0.29) is 0 Å². The standard InChI is InChI=1S/C14H12O4/c15-14(16)10-17-11-6-8-13(9-7-11)18-12-4-2-1-3-5-12/h1-9H,10H2,(H,15,16)/p-1. The van der Waals surface area contributed by atoms with Gasteiger partial charge in [0.25, 0.3) is 0 Å². The van der Waals surface area contributed by atoms with Gasteiger partial charge < -0.3 is 19.4 Å². The Kier molecular flexibility index (Phi) is 3.81. The predicted octanol–water partition coefficient (Wildman–Crippen LogP) is 1.61. The Hall–Kier alpha value is -2.49. The molecule has 2 aromatic rings. The summed E-state index contributed by atoms with van der Waals surface area (Å²) in [5.41, 5.74) is 0. The van der Waals surface area contributed by atoms with Crippen molar-refractivity contribution < 1.29 is 19.4 Å². The second kappa shape index (κ2) is 5.72. The van der Waals surface area contributed by atoms with E-state index in [1.165, 1.54) is 0 Å². The van der Waals surface area contributed by atoms with Gasteiger partial charge in [-0.05, 0) is 36.4 Å². The highest BCUT2D eigenvalue weighted by Crippen LogP contribution is 2.23. The zero-order valence-electron chi connectivity index (χ0n) is 9.54. The molecule has 0 saturated heterocycles. The van der Waals surface area contributed by atoms with Gasteiger partial charge in [-0.15, -0.1) is 0 Å². The summed E-state index contributed by atoms with van der Waals surface area (Å²) in [5, 5.41) is 10.2. The summed E-state index contributed by atoms with van der Waals surface area (Å²) in [6.07, 6.45) is 0. The van der Waals surface area contributed by atoms with E-state index in [1.807, 2.05) is 30.3 Å². The molecule has 0 spiro atoms. The summed E-state index contributed by atoms with van der Waals surface area (Å²) in [6.45, 7) is -0.459. The van der Waals surface area contributed by atoms with Crippen molar-refractivity contribution in [2.45, 2.75) is 0 Å². The van der Waals surface area contributed by atoms with Gasteiger partial charge in [-0.25, -0.2) is 0 Å². The quantitative estimate of drug-likeness (QED) is 0.800. The smallest absolute Gasteiger partial charge is 0.128 e. The average molecular weight is 243 g/mol. The van der Waals surface area contributed by atoms with Crippen LogP contribution in [0.25, 0.3) is 0 Å². The van der Waals surface area contributed by atoms with Crippen molar-refractivity contribution >= 4 is 5.97 Å². The minimum atomic E-state index is -1.25. The molecule has 0 bridgehead atoms. The Balaban J connectivity index is 1.97. The number of aliphatic carboxylic acids is 1. The van der Waals surface area contributed by atoms with Crippen LogP contribution in [-0.4, -0.2) is 12.6 Å². The van der Waals surface area contributed by atoms with Crippen LogP contribution in [0.15, 0.2) is 54.6 Å². The van der Waals surface area contributed by atoms with E-state index in [0.29, 0.717) is 11.5 Å². The zero-order valence-corrected chi connectivity index (χ0v) is 9.54. The lowest BCUT2D eigenvalue weighted by Crippen LogP contribution is -2.28. The molecule has 0 aromatic heterocycles. The van der Waals surface area contributed by atoms with Crippen molar-refractivity contribution in [1.82, 2.24) is 0 Å². The summed E-state index contributed by atoms with van der Waals surface area (Å²) in [6, 6.07) is 16.1. The van der Waals surface area contributed by atoms with Gasteiger partial charge in [-0.2, -0.15) is 0 Å². The normalized spacial score (nSPS) is 9.78. The summed E-state index contributed by atoms with van der Waals surface area (Å²) in [4.78, 5) is 10.2. The third kappa shape index (κ3) is 3.52. The SMILES string of the molecule is O=C([O-])COc1ccc(Oc2ccccc2)cc1. The number of hydrogen-bond donors (Lipinski definition) is 0. The van der Waals surface area contributed by atoms with Crippen molar-refractivity contribution in [2.75, 3.05) is 6.61 Å². The molecule has 2 aromatic carbocycles. The minimum absolute atomic E-state index is 0.458. The number of ether oxygens (including phenoxy) is 2. The summed E-state index contributed by atoms with van der Waals surface area (Å²) in [5.74, 6) is 0.599. The van der Waals surface area contributed by atoms with Crippen molar-refractivity contribution in [2.24, 2.45) is 0 Å². The number of para-hydroxylation sites is 1. The highest BCUT2D eigenvalue weighted by atomic mass is 16.5. The third-order valence-electron chi connectivity index (χ3n) is 2.16. The number of carboxylic acid groups (broad SMARTS) is 1. The number of rotatable bonds is 5. The Morgan fingerprint density at radius 1 is 0.889 bits per heavy atom. The van der Waals surface area contributed by atoms with E-state index in [1.54, 1.807) is 24.3 Å². The second-order valence-corrected chi connectivity index (χ2v) is 3.55. The molecule has 4 heteroatoms. The van der Waals surface area contributed by atoms with E-state index in [0.717, 1.165) is 5.75 Å². The van der Waals surface area contributed by atoms with Gasteiger partial charge in [0, 0.05) is 0 Å². The van der Waals surface area contributed by atoms with E-state index >= 15 is 0 Å². The molecular formula is C14H11O4-. The summed E-state index contributed by atoms with van der Waals surface area (Å²) >= 11 is 0. The van der Waals surface area contributed by atoms with E-state index < -0.39 is 12.6 Å². The first-order chi connectivity index (χ1) is 8.74. The Labute approximate surface area is 104 Å². The largest absolute Gasteiger partial charge is 0.546 e. The molecule has 2 rings (SSSR count). The van der Waals surface area contributed by atoms with Gasteiger partial charge in [-0.3, -0.25) is 0 Å². The molecule has 18 heavy (non-hydrogen) atoms. The van der Waals surface area contributed by atoms with E-state index in [9.17, 15) is 9.90 Å². The highest BCUT2D eigenvalue weighted by molar-refractivity contribution is 5.66. The van der Waals surface area contributed by atoms with Crippen molar-refractivity contribution in [3.05, 3.63) is 54.6 Å². The predicted molar refractivity (Wildman–Crippen MR) is 63.5 cm³/mol. The Morgan fingerprint density at radius 2 is 1.44 bits per heavy atom. The van der Waals surface area contributed by atoms with Crippen LogP contribution in [0.1, 0.15) is 0 Å². The molecule has 0 radical (unpaired) electrons. The van der Waals surface area contributed by atoms with Crippen LogP contribution in [0.5, 0.6) is 17.2 Å². The summed E-state index contributed by atoms with van der Waals surface area (Å²) < 4.78 is 10.5. The first-order valence-corrected chi connectivity index (χ1v) is 5.39. The van der Waals surface area contributed by atoms with Gasteiger partial charge in [0.2, 0.25) is 0 Å². The number of carbonyl (C=O) groups is 1. The third-order valence-corrected chi connectivity index (χ3v) is 2.16. The lowest BCUT2D eigenvalue weighted by molar-refractivity contribution is -0.307. The number of carboxylic acids is 1. The lowest BCUT2D eigenvalue weighted by atomic mass is 10.3. The van der Waals surface area contributed by atoms with Crippen molar-refractivity contribution in [1.29, 1.82) is 0 Å². The molecule has 4 nitrogen and oxygen atoms in total. The zero-order chi connectivity index (χ0) is 12.8. The van der Waals surface area contributed by atoms with E-state index in [4.69, 9.17) is 9.47 Å². The van der Waals surface area contributed by atoms with Crippen LogP contribution >= 0.6 is 0 Å². The molecule has 0 atom stereocenters. The maximum absolute atomic E-state index is 10.2. The molecule has 0 N–H and O–H groups in total. The molecule has 0 heterocycles. The first-order valence-electron chi connectivity index (χ1n) is 5.39. The molecule has 0 aliphatic heterocycles. The fourth-order valence-corrected chi connectivity index (χ4v) is 1.37. The molecule has 0 saturated carbocycles. The van der Waals surface area contributed by atoms with Crippen LogP contribution in [0.2, 0.25) is 0 Å². The fraction of sp³-hybridized carbons (Fsp3) is 0.0714. The van der Waals surface area contributed by atoms with Gasteiger partial charge in [-0.1, -0.05) is 18.2 Å². The Bertz CT molecular complexity index is 505. The van der Waals surface area contributed by atoms with Gasteiger partial charge in [0.05, 0.1) is 5.97 Å². The monoisotopic (exact) mass is 243 g/mol.